The van der Waals surface area contributed by atoms with Crippen molar-refractivity contribution < 1.29 is 0 Å². The second kappa shape index (κ2) is 10.4. The first-order chi connectivity index (χ1) is 9.22. The Balaban J connectivity index is 0.000000200. The van der Waals surface area contributed by atoms with Gasteiger partial charge in [0.2, 0.25) is 0 Å². The molecule has 0 heterocycles. The third kappa shape index (κ3) is 8.41. The van der Waals surface area contributed by atoms with Crippen molar-refractivity contribution in [3.8, 4) is 0 Å². The Morgan fingerprint density at radius 3 is 2.00 bits per heavy atom. The quantitative estimate of drug-likeness (QED) is 0.565. The van der Waals surface area contributed by atoms with Crippen molar-refractivity contribution in [2.45, 2.75) is 31.3 Å². The SMILES string of the molecule is [Li][CH2]CCCc1ccccc1.[Li][c]1ccc(C)cc1. The Morgan fingerprint density at radius 1 is 0.842 bits per heavy atom. The molecule has 0 unspecified atom stereocenters. The molecule has 0 nitrogen and oxygen atoms in total. The Bertz CT molecular complexity index is 414. The van der Waals surface area contributed by atoms with Gasteiger partial charge in [-0.2, -0.15) is 0 Å². The van der Waals surface area contributed by atoms with Crippen LogP contribution in [-0.4, -0.2) is 35.4 Å². The van der Waals surface area contributed by atoms with Crippen molar-refractivity contribution in [2.24, 2.45) is 0 Å². The first-order valence-corrected chi connectivity index (χ1v) is 7.29. The number of hydrogen-bond acceptors (Lipinski definition) is 0. The van der Waals surface area contributed by atoms with Crippen LogP contribution in [0, 0.1) is 6.92 Å². The number of benzene rings is 2. The molecule has 0 saturated heterocycles. The predicted molar refractivity (Wildman–Crippen MR) is 86.5 cm³/mol. The summed E-state index contributed by atoms with van der Waals surface area (Å²) in [6, 6.07) is 19.2. The number of unbranched alkanes of at least 4 members (excludes halogenated alkanes) is 1. The van der Waals surface area contributed by atoms with Crippen molar-refractivity contribution in [3.63, 3.8) is 0 Å². The molecule has 2 aromatic rings. The summed E-state index contributed by atoms with van der Waals surface area (Å²) in [5.74, 6) is 0. The zero-order chi connectivity index (χ0) is 13.9. The summed E-state index contributed by atoms with van der Waals surface area (Å²) in [5, 5.41) is 1.31. The summed E-state index contributed by atoms with van der Waals surface area (Å²) in [5.41, 5.74) is 2.80. The van der Waals surface area contributed by atoms with E-state index in [2.05, 4.69) is 97.0 Å². The maximum absolute atomic E-state index is 2.24. The van der Waals surface area contributed by atoms with Gasteiger partial charge in [0, 0.05) is 0 Å². The third-order valence-electron chi connectivity index (χ3n) is 3.13. The molecule has 0 radical (unpaired) electrons. The summed E-state index contributed by atoms with van der Waals surface area (Å²) in [6.07, 6.45) is 3.93. The fourth-order valence-electron chi connectivity index (χ4n) is 1.86. The van der Waals surface area contributed by atoms with Crippen LogP contribution in [0.5, 0.6) is 0 Å². The maximum atomic E-state index is 2.24. The first kappa shape index (κ1) is 16.7. The van der Waals surface area contributed by atoms with Gasteiger partial charge in [-0.25, -0.2) is 0 Å². The molecular formula is C17H20Li2. The fraction of sp³-hybridized carbons (Fsp3) is 0.294. The molecule has 0 bridgehead atoms. The molecule has 2 aromatic carbocycles. The van der Waals surface area contributed by atoms with Gasteiger partial charge in [0.05, 0.1) is 0 Å². The van der Waals surface area contributed by atoms with Crippen LogP contribution in [0.15, 0.2) is 54.6 Å². The number of aryl methyl sites for hydroxylation is 2. The number of rotatable bonds is 4. The zero-order valence-corrected chi connectivity index (χ0v) is 12.5. The summed E-state index contributed by atoms with van der Waals surface area (Å²) in [4.78, 5) is 0. The van der Waals surface area contributed by atoms with Crippen LogP contribution >= 0.6 is 0 Å². The molecular weight excluding hydrogens is 218 g/mol. The van der Waals surface area contributed by atoms with E-state index in [0.717, 1.165) is 0 Å². The van der Waals surface area contributed by atoms with E-state index < -0.39 is 0 Å². The minimum absolute atomic E-state index is 1.24. The molecule has 2 rings (SSSR count). The van der Waals surface area contributed by atoms with Crippen LogP contribution in [0.3, 0.4) is 0 Å². The van der Waals surface area contributed by atoms with Gasteiger partial charge in [0.1, 0.15) is 0 Å². The predicted octanol–water partition coefficient (Wildman–Crippen LogP) is 3.38. The van der Waals surface area contributed by atoms with Crippen molar-refractivity contribution in [2.75, 3.05) is 0 Å². The van der Waals surface area contributed by atoms with Gasteiger partial charge in [0.15, 0.2) is 0 Å². The van der Waals surface area contributed by atoms with E-state index in [4.69, 9.17) is 0 Å². The standard InChI is InChI=1S/C10H13.C7H7.2Li/c1-2-3-7-10-8-5-4-6-9-10;1-7-5-3-2-4-6-7;;/h4-6,8-9H,1-3,7H2;3-6H,1H3;;. The van der Waals surface area contributed by atoms with E-state index in [9.17, 15) is 0 Å². The van der Waals surface area contributed by atoms with Crippen LogP contribution in [-0.2, 0) is 6.42 Å². The van der Waals surface area contributed by atoms with E-state index in [1.165, 1.54) is 39.7 Å². The van der Waals surface area contributed by atoms with E-state index in [0.29, 0.717) is 0 Å². The van der Waals surface area contributed by atoms with E-state index in [-0.39, 0.29) is 0 Å². The Hall–Kier alpha value is -0.365. The van der Waals surface area contributed by atoms with Crippen molar-refractivity contribution in [1.82, 2.24) is 0 Å². The molecule has 0 aliphatic heterocycles. The van der Waals surface area contributed by atoms with Crippen LogP contribution in [0.4, 0.5) is 0 Å². The molecule has 0 aromatic heterocycles. The van der Waals surface area contributed by atoms with Gasteiger partial charge in [0.25, 0.3) is 0 Å². The van der Waals surface area contributed by atoms with Gasteiger partial charge in [-0.1, -0.05) is 0 Å². The van der Waals surface area contributed by atoms with Gasteiger partial charge in [-0.05, 0) is 0 Å². The monoisotopic (exact) mass is 238 g/mol. The second-order valence-electron chi connectivity index (χ2n) is 5.10. The molecule has 2 heteroatoms. The fourth-order valence-corrected chi connectivity index (χ4v) is 1.86. The van der Waals surface area contributed by atoms with Gasteiger partial charge >= 0.3 is 137 Å². The normalized spacial score (nSPS) is 9.74. The van der Waals surface area contributed by atoms with E-state index >= 15 is 0 Å². The molecule has 19 heavy (non-hydrogen) atoms. The molecule has 0 spiro atoms. The van der Waals surface area contributed by atoms with Crippen molar-refractivity contribution in [3.05, 3.63) is 65.7 Å². The molecule has 0 fully saturated rings. The minimum atomic E-state index is 1.24. The molecule has 0 N–H and O–H groups in total. The average Bonchev–Trinajstić information content (AvgIpc) is 2.44. The molecule has 90 valence electrons. The van der Waals surface area contributed by atoms with Crippen LogP contribution < -0.4 is 4.24 Å². The molecule has 0 saturated carbocycles. The van der Waals surface area contributed by atoms with E-state index in [1.54, 1.807) is 0 Å². The van der Waals surface area contributed by atoms with Crippen molar-refractivity contribution in [1.29, 1.82) is 0 Å². The van der Waals surface area contributed by atoms with E-state index in [1.807, 2.05) is 0 Å². The van der Waals surface area contributed by atoms with Gasteiger partial charge < -0.3 is 0 Å². The van der Waals surface area contributed by atoms with Gasteiger partial charge in [-0.15, -0.1) is 0 Å². The van der Waals surface area contributed by atoms with Gasteiger partial charge in [-0.3, -0.25) is 0 Å². The summed E-state index contributed by atoms with van der Waals surface area (Å²) < 4.78 is 1.33. The topological polar surface area (TPSA) is 0 Å². The van der Waals surface area contributed by atoms with Crippen LogP contribution in [0.1, 0.15) is 24.0 Å². The Kier molecular flexibility index (Phi) is 9.16. The zero-order valence-electron chi connectivity index (χ0n) is 12.5. The number of hydrogen-bond donors (Lipinski definition) is 0. The molecule has 0 aliphatic carbocycles. The van der Waals surface area contributed by atoms with Crippen LogP contribution in [0.2, 0.25) is 5.09 Å². The van der Waals surface area contributed by atoms with Crippen molar-refractivity contribution >= 4 is 39.7 Å². The first-order valence-electron chi connectivity index (χ1n) is 7.29. The molecule has 0 amide bonds. The third-order valence-corrected chi connectivity index (χ3v) is 3.13. The Labute approximate surface area is 136 Å². The van der Waals surface area contributed by atoms with Crippen LogP contribution in [0.25, 0.3) is 0 Å². The summed E-state index contributed by atoms with van der Waals surface area (Å²) in [7, 11) is 0. The molecule has 0 atom stereocenters. The Morgan fingerprint density at radius 2 is 1.47 bits per heavy atom. The average molecular weight is 238 g/mol. The summed E-state index contributed by atoms with van der Waals surface area (Å²) in [6.45, 7) is 2.10. The molecule has 0 aliphatic rings. The summed E-state index contributed by atoms with van der Waals surface area (Å²) >= 11 is 4.34. The second-order valence-corrected chi connectivity index (χ2v) is 5.10.